The number of methoxy groups -OCH3 is 1. The molecule has 1 aliphatic heterocycles. The Labute approximate surface area is 73.7 Å². The largest absolute Gasteiger partial charge is 0.384 e. The Hall–Kier alpha value is -0.570. The fraction of sp³-hybridized carbons (Fsp3) is 0.778. The van der Waals surface area contributed by atoms with E-state index in [0.29, 0.717) is 13.0 Å². The molecule has 1 aliphatic rings. The van der Waals surface area contributed by atoms with Crippen LogP contribution in [-0.2, 0) is 9.53 Å². The first kappa shape index (κ1) is 9.52. The highest BCUT2D eigenvalue weighted by Crippen LogP contribution is 2.08. The van der Waals surface area contributed by atoms with Crippen molar-refractivity contribution in [2.45, 2.75) is 19.3 Å². The molecule has 0 aromatic carbocycles. The molecule has 1 saturated heterocycles. The number of amides is 1. The Kier molecular flexibility index (Phi) is 4.08. The van der Waals surface area contributed by atoms with Crippen LogP contribution in [-0.4, -0.2) is 37.6 Å². The van der Waals surface area contributed by atoms with Gasteiger partial charge in [0, 0.05) is 20.2 Å². The highest BCUT2D eigenvalue weighted by Gasteiger charge is 2.15. The van der Waals surface area contributed by atoms with Crippen molar-refractivity contribution in [3.63, 3.8) is 0 Å². The minimum Gasteiger partial charge on any atom is -0.384 e. The molecule has 0 N–H and O–H groups in total. The number of rotatable bonds is 3. The maximum atomic E-state index is 11.4. The topological polar surface area (TPSA) is 29.5 Å². The third-order valence-electron chi connectivity index (χ3n) is 2.06. The van der Waals surface area contributed by atoms with Crippen LogP contribution in [0.3, 0.4) is 0 Å². The molecule has 0 aromatic heterocycles. The van der Waals surface area contributed by atoms with Gasteiger partial charge in [0.1, 0.15) is 0 Å². The lowest BCUT2D eigenvalue weighted by atomic mass is 10.1. The second kappa shape index (κ2) is 5.14. The number of ether oxygens (including phenoxy) is 1. The Balaban J connectivity index is 2.20. The molecule has 0 aliphatic carbocycles. The zero-order valence-corrected chi connectivity index (χ0v) is 7.58. The second-order valence-corrected chi connectivity index (χ2v) is 3.01. The van der Waals surface area contributed by atoms with Crippen LogP contribution in [0.25, 0.3) is 0 Å². The monoisotopic (exact) mass is 170 g/mol. The number of likely N-dealkylation sites (tertiary alicyclic amines) is 1. The molecular formula is C9H16NO2. The van der Waals surface area contributed by atoms with E-state index in [1.807, 2.05) is 4.90 Å². The van der Waals surface area contributed by atoms with Crippen molar-refractivity contribution in [1.29, 1.82) is 0 Å². The van der Waals surface area contributed by atoms with Gasteiger partial charge in [0.2, 0.25) is 5.91 Å². The zero-order valence-electron chi connectivity index (χ0n) is 7.58. The van der Waals surface area contributed by atoms with E-state index >= 15 is 0 Å². The Morgan fingerprint density at radius 3 is 3.08 bits per heavy atom. The first-order valence-electron chi connectivity index (χ1n) is 4.43. The molecule has 0 bridgehead atoms. The minimum absolute atomic E-state index is 0.216. The van der Waals surface area contributed by atoms with Crippen molar-refractivity contribution in [2.24, 2.45) is 0 Å². The molecule has 0 unspecified atom stereocenters. The maximum Gasteiger partial charge on any atom is 0.224 e. The Morgan fingerprint density at radius 1 is 1.67 bits per heavy atom. The van der Waals surface area contributed by atoms with E-state index < -0.39 is 0 Å². The number of hydrogen-bond donors (Lipinski definition) is 0. The molecule has 3 nitrogen and oxygen atoms in total. The smallest absolute Gasteiger partial charge is 0.224 e. The van der Waals surface area contributed by atoms with Crippen molar-refractivity contribution in [3.8, 4) is 0 Å². The van der Waals surface area contributed by atoms with Crippen molar-refractivity contribution in [2.75, 3.05) is 26.8 Å². The average molecular weight is 170 g/mol. The van der Waals surface area contributed by atoms with E-state index in [2.05, 4.69) is 6.42 Å². The van der Waals surface area contributed by atoms with Gasteiger partial charge in [0.05, 0.1) is 13.0 Å². The first-order valence-corrected chi connectivity index (χ1v) is 4.43. The average Bonchev–Trinajstić information content (AvgIpc) is 2.15. The second-order valence-electron chi connectivity index (χ2n) is 3.01. The highest BCUT2D eigenvalue weighted by atomic mass is 16.5. The minimum atomic E-state index is 0.216. The van der Waals surface area contributed by atoms with Gasteiger partial charge in [-0.05, 0) is 19.3 Å². The molecule has 0 atom stereocenters. The van der Waals surface area contributed by atoms with Gasteiger partial charge in [-0.25, -0.2) is 0 Å². The highest BCUT2D eigenvalue weighted by molar-refractivity contribution is 5.76. The van der Waals surface area contributed by atoms with Crippen LogP contribution < -0.4 is 0 Å². The van der Waals surface area contributed by atoms with Crippen LogP contribution >= 0.6 is 0 Å². The standard InChI is InChI=1S/C9H16NO2/c1-12-8-5-9(11)10-6-3-2-4-7-10/h3H,2,4-8H2,1H3. The van der Waals surface area contributed by atoms with Crippen molar-refractivity contribution >= 4 is 5.91 Å². The van der Waals surface area contributed by atoms with Gasteiger partial charge in [-0.3, -0.25) is 4.79 Å². The zero-order chi connectivity index (χ0) is 8.81. The van der Waals surface area contributed by atoms with Gasteiger partial charge >= 0.3 is 0 Å². The van der Waals surface area contributed by atoms with Gasteiger partial charge < -0.3 is 9.64 Å². The first-order chi connectivity index (χ1) is 5.84. The lowest BCUT2D eigenvalue weighted by Crippen LogP contribution is -2.36. The summed E-state index contributed by atoms with van der Waals surface area (Å²) in [6.07, 6.45) is 4.94. The maximum absolute atomic E-state index is 11.4. The summed E-state index contributed by atoms with van der Waals surface area (Å²) in [6, 6.07) is 0. The van der Waals surface area contributed by atoms with Crippen LogP contribution in [0, 0.1) is 6.42 Å². The van der Waals surface area contributed by atoms with Gasteiger partial charge in [0.25, 0.3) is 0 Å². The van der Waals surface area contributed by atoms with E-state index in [0.717, 1.165) is 25.9 Å². The summed E-state index contributed by atoms with van der Waals surface area (Å²) >= 11 is 0. The number of carbonyl (C=O) groups is 1. The molecular weight excluding hydrogens is 154 g/mol. The number of nitrogens with zero attached hydrogens (tertiary/aromatic N) is 1. The SMILES string of the molecule is COCCC(=O)N1C[CH]CCC1. The van der Waals surface area contributed by atoms with Crippen LogP contribution in [0.5, 0.6) is 0 Å². The molecule has 1 radical (unpaired) electrons. The van der Waals surface area contributed by atoms with E-state index in [1.165, 1.54) is 0 Å². The molecule has 12 heavy (non-hydrogen) atoms. The predicted molar refractivity (Wildman–Crippen MR) is 46.6 cm³/mol. The lowest BCUT2D eigenvalue weighted by Gasteiger charge is -2.26. The fourth-order valence-electron chi connectivity index (χ4n) is 1.34. The van der Waals surface area contributed by atoms with Crippen molar-refractivity contribution in [3.05, 3.63) is 6.42 Å². The molecule has 3 heteroatoms. The van der Waals surface area contributed by atoms with Gasteiger partial charge in [-0.15, -0.1) is 0 Å². The van der Waals surface area contributed by atoms with Crippen LogP contribution in [0.2, 0.25) is 0 Å². The third kappa shape index (κ3) is 2.81. The molecule has 1 heterocycles. The van der Waals surface area contributed by atoms with E-state index in [9.17, 15) is 4.79 Å². The molecule has 69 valence electrons. The molecule has 1 fully saturated rings. The van der Waals surface area contributed by atoms with Gasteiger partial charge in [-0.1, -0.05) is 0 Å². The Bertz CT molecular complexity index is 141. The number of hydrogen-bond acceptors (Lipinski definition) is 2. The summed E-state index contributed by atoms with van der Waals surface area (Å²) in [7, 11) is 1.62. The van der Waals surface area contributed by atoms with Crippen LogP contribution in [0.1, 0.15) is 19.3 Å². The third-order valence-corrected chi connectivity index (χ3v) is 2.06. The lowest BCUT2D eigenvalue weighted by molar-refractivity contribution is -0.132. The van der Waals surface area contributed by atoms with Crippen LogP contribution in [0.15, 0.2) is 0 Å². The van der Waals surface area contributed by atoms with Crippen molar-refractivity contribution < 1.29 is 9.53 Å². The molecule has 0 aromatic rings. The van der Waals surface area contributed by atoms with Gasteiger partial charge in [0.15, 0.2) is 0 Å². The number of carbonyl (C=O) groups excluding carboxylic acids is 1. The van der Waals surface area contributed by atoms with Gasteiger partial charge in [-0.2, -0.15) is 0 Å². The van der Waals surface area contributed by atoms with Crippen molar-refractivity contribution in [1.82, 2.24) is 4.90 Å². The fourth-order valence-corrected chi connectivity index (χ4v) is 1.34. The summed E-state index contributed by atoms with van der Waals surface area (Å²) < 4.78 is 4.85. The van der Waals surface area contributed by atoms with E-state index in [4.69, 9.17) is 4.74 Å². The summed E-state index contributed by atoms with van der Waals surface area (Å²) in [4.78, 5) is 13.3. The van der Waals surface area contributed by atoms with E-state index in [-0.39, 0.29) is 5.91 Å². The molecule has 0 saturated carbocycles. The Morgan fingerprint density at radius 2 is 2.50 bits per heavy atom. The summed E-state index contributed by atoms with van der Waals surface area (Å²) in [5.74, 6) is 0.216. The summed E-state index contributed by atoms with van der Waals surface area (Å²) in [6.45, 7) is 2.27. The predicted octanol–water partition coefficient (Wildman–Crippen LogP) is 0.850. The van der Waals surface area contributed by atoms with Crippen LogP contribution in [0.4, 0.5) is 0 Å². The summed E-state index contributed by atoms with van der Waals surface area (Å²) in [5, 5.41) is 0. The number of piperidine rings is 1. The van der Waals surface area contributed by atoms with E-state index in [1.54, 1.807) is 7.11 Å². The molecule has 1 amide bonds. The molecule has 1 rings (SSSR count). The quantitative estimate of drug-likeness (QED) is 0.628. The molecule has 0 spiro atoms. The summed E-state index contributed by atoms with van der Waals surface area (Å²) in [5.41, 5.74) is 0. The normalized spacial score (nSPS) is 17.9.